The predicted octanol–water partition coefficient (Wildman–Crippen LogP) is 3.30. The number of likely N-dealkylation sites (N-methyl/N-ethyl adjacent to an activating group) is 1. The fourth-order valence-electron chi connectivity index (χ4n) is 3.53. The quantitative estimate of drug-likeness (QED) is 0.857. The SMILES string of the molecule is CC1=CC2=C(C1)Nc1ccccc1C=C2N1CCN(C)CC1. The summed E-state index contributed by atoms with van der Waals surface area (Å²) in [6, 6.07) is 8.61. The number of anilines is 1. The second-order valence-corrected chi connectivity index (χ2v) is 6.59. The van der Waals surface area contributed by atoms with Gasteiger partial charge in [-0.2, -0.15) is 0 Å². The Morgan fingerprint density at radius 3 is 2.59 bits per heavy atom. The predicted molar refractivity (Wildman–Crippen MR) is 92.5 cm³/mol. The first kappa shape index (κ1) is 13.6. The van der Waals surface area contributed by atoms with Crippen LogP contribution in [0.25, 0.3) is 6.08 Å². The summed E-state index contributed by atoms with van der Waals surface area (Å²) in [6.07, 6.45) is 5.76. The van der Waals surface area contributed by atoms with Crippen LogP contribution in [0.4, 0.5) is 5.69 Å². The molecule has 0 amide bonds. The van der Waals surface area contributed by atoms with E-state index >= 15 is 0 Å². The van der Waals surface area contributed by atoms with Crippen LogP contribution in [0.3, 0.4) is 0 Å². The zero-order chi connectivity index (χ0) is 15.1. The number of para-hydroxylation sites is 1. The van der Waals surface area contributed by atoms with E-state index in [-0.39, 0.29) is 0 Å². The number of nitrogens with zero attached hydrogens (tertiary/aromatic N) is 2. The Bertz CT molecular complexity index is 688. The largest absolute Gasteiger partial charge is 0.368 e. The van der Waals surface area contributed by atoms with Crippen LogP contribution in [0.2, 0.25) is 0 Å². The topological polar surface area (TPSA) is 18.5 Å². The summed E-state index contributed by atoms with van der Waals surface area (Å²) in [7, 11) is 2.21. The number of allylic oxidation sites excluding steroid dienone is 2. The summed E-state index contributed by atoms with van der Waals surface area (Å²) >= 11 is 0. The highest BCUT2D eigenvalue weighted by Crippen LogP contribution is 2.37. The van der Waals surface area contributed by atoms with Crippen LogP contribution in [0.1, 0.15) is 18.9 Å². The molecular formula is C19H23N3. The van der Waals surface area contributed by atoms with Gasteiger partial charge in [-0.3, -0.25) is 0 Å². The van der Waals surface area contributed by atoms with Crippen molar-refractivity contribution in [3.8, 4) is 0 Å². The van der Waals surface area contributed by atoms with Crippen LogP contribution in [0.5, 0.6) is 0 Å². The molecule has 3 aliphatic rings. The van der Waals surface area contributed by atoms with Gasteiger partial charge in [0.25, 0.3) is 0 Å². The molecule has 0 radical (unpaired) electrons. The normalized spacial score (nSPS) is 21.6. The number of rotatable bonds is 1. The Hall–Kier alpha value is -2.00. The molecule has 1 aromatic rings. The van der Waals surface area contributed by atoms with Crippen molar-refractivity contribution < 1.29 is 0 Å². The van der Waals surface area contributed by atoms with Crippen molar-refractivity contribution in [1.29, 1.82) is 0 Å². The van der Waals surface area contributed by atoms with E-state index in [0.29, 0.717) is 0 Å². The number of piperazine rings is 1. The van der Waals surface area contributed by atoms with Crippen LogP contribution in [-0.4, -0.2) is 43.0 Å². The first-order valence-corrected chi connectivity index (χ1v) is 8.12. The summed E-state index contributed by atoms with van der Waals surface area (Å²) in [5, 5.41) is 3.67. The molecule has 0 spiro atoms. The molecule has 0 saturated carbocycles. The van der Waals surface area contributed by atoms with Crippen molar-refractivity contribution >= 4 is 11.8 Å². The number of benzene rings is 1. The van der Waals surface area contributed by atoms with Crippen LogP contribution in [-0.2, 0) is 0 Å². The molecule has 3 nitrogen and oxygen atoms in total. The van der Waals surface area contributed by atoms with Gasteiger partial charge >= 0.3 is 0 Å². The van der Waals surface area contributed by atoms with E-state index < -0.39 is 0 Å². The van der Waals surface area contributed by atoms with Gasteiger partial charge in [-0.05, 0) is 31.7 Å². The summed E-state index contributed by atoms with van der Waals surface area (Å²) in [5.74, 6) is 0. The fourth-order valence-corrected chi connectivity index (χ4v) is 3.53. The van der Waals surface area contributed by atoms with Crippen LogP contribution < -0.4 is 5.32 Å². The molecule has 2 heterocycles. The minimum absolute atomic E-state index is 1.04. The molecule has 1 N–H and O–H groups in total. The number of fused-ring (bicyclic) bond motifs is 1. The number of hydrogen-bond donors (Lipinski definition) is 1. The lowest BCUT2D eigenvalue weighted by Crippen LogP contribution is -2.44. The lowest BCUT2D eigenvalue weighted by atomic mass is 10.1. The van der Waals surface area contributed by atoms with Gasteiger partial charge < -0.3 is 15.1 Å². The van der Waals surface area contributed by atoms with Gasteiger partial charge in [0.05, 0.1) is 0 Å². The van der Waals surface area contributed by atoms with Gasteiger partial charge in [-0.1, -0.05) is 29.8 Å². The molecule has 2 aliphatic heterocycles. The molecule has 4 rings (SSSR count). The van der Waals surface area contributed by atoms with E-state index in [4.69, 9.17) is 0 Å². The third-order valence-electron chi connectivity index (χ3n) is 4.83. The molecule has 0 bridgehead atoms. The summed E-state index contributed by atoms with van der Waals surface area (Å²) in [6.45, 7) is 6.71. The van der Waals surface area contributed by atoms with E-state index in [0.717, 1.165) is 32.6 Å². The van der Waals surface area contributed by atoms with E-state index in [1.807, 2.05) is 0 Å². The third kappa shape index (κ3) is 2.35. The van der Waals surface area contributed by atoms with Crippen molar-refractivity contribution in [3.05, 3.63) is 58.4 Å². The summed E-state index contributed by atoms with van der Waals surface area (Å²) in [5.41, 5.74) is 8.08. The summed E-state index contributed by atoms with van der Waals surface area (Å²) in [4.78, 5) is 4.96. The van der Waals surface area contributed by atoms with Gasteiger partial charge in [0, 0.05) is 55.3 Å². The highest BCUT2D eigenvalue weighted by molar-refractivity contribution is 5.77. The standard InChI is InChI=1S/C19H23N3/c1-14-11-16-18(12-14)20-17-6-4-3-5-15(17)13-19(16)22-9-7-21(2)8-10-22/h3-6,11,13,20H,7-10,12H2,1-2H3. The molecule has 22 heavy (non-hydrogen) atoms. The Morgan fingerprint density at radius 1 is 1.00 bits per heavy atom. The fraction of sp³-hybridized carbons (Fsp3) is 0.368. The Kier molecular flexibility index (Phi) is 3.30. The monoisotopic (exact) mass is 293 g/mol. The average molecular weight is 293 g/mol. The minimum atomic E-state index is 1.04. The molecule has 0 aromatic heterocycles. The number of nitrogens with one attached hydrogen (secondary N) is 1. The number of hydrogen-bond acceptors (Lipinski definition) is 3. The lowest BCUT2D eigenvalue weighted by molar-refractivity contribution is 0.190. The van der Waals surface area contributed by atoms with Crippen LogP contribution >= 0.6 is 0 Å². The molecule has 1 aliphatic carbocycles. The summed E-state index contributed by atoms with van der Waals surface area (Å²) < 4.78 is 0. The molecule has 1 fully saturated rings. The Morgan fingerprint density at radius 2 is 1.77 bits per heavy atom. The van der Waals surface area contributed by atoms with E-state index in [1.165, 1.54) is 33.8 Å². The third-order valence-corrected chi connectivity index (χ3v) is 4.83. The van der Waals surface area contributed by atoms with Crippen molar-refractivity contribution in [2.24, 2.45) is 0 Å². The molecular weight excluding hydrogens is 270 g/mol. The van der Waals surface area contributed by atoms with E-state index in [2.05, 4.69) is 65.5 Å². The molecule has 3 heteroatoms. The van der Waals surface area contributed by atoms with Crippen molar-refractivity contribution in [2.75, 3.05) is 38.5 Å². The van der Waals surface area contributed by atoms with Crippen LogP contribution in [0, 0.1) is 0 Å². The lowest BCUT2D eigenvalue weighted by Gasteiger charge is -2.36. The van der Waals surface area contributed by atoms with Gasteiger partial charge in [-0.25, -0.2) is 0 Å². The van der Waals surface area contributed by atoms with Crippen LogP contribution in [0.15, 0.2) is 52.9 Å². The minimum Gasteiger partial charge on any atom is -0.368 e. The molecule has 1 saturated heterocycles. The van der Waals surface area contributed by atoms with Crippen molar-refractivity contribution in [3.63, 3.8) is 0 Å². The van der Waals surface area contributed by atoms with E-state index in [1.54, 1.807) is 0 Å². The molecule has 0 unspecified atom stereocenters. The maximum absolute atomic E-state index is 3.67. The smallest absolute Gasteiger partial charge is 0.0465 e. The zero-order valence-electron chi connectivity index (χ0n) is 13.4. The van der Waals surface area contributed by atoms with Gasteiger partial charge in [0.2, 0.25) is 0 Å². The molecule has 0 atom stereocenters. The van der Waals surface area contributed by atoms with Gasteiger partial charge in [0.1, 0.15) is 0 Å². The second-order valence-electron chi connectivity index (χ2n) is 6.59. The first-order chi connectivity index (χ1) is 10.7. The average Bonchev–Trinajstić information content (AvgIpc) is 2.80. The maximum atomic E-state index is 3.67. The van der Waals surface area contributed by atoms with Gasteiger partial charge in [0.15, 0.2) is 0 Å². The van der Waals surface area contributed by atoms with Gasteiger partial charge in [-0.15, -0.1) is 0 Å². The second kappa shape index (κ2) is 5.33. The van der Waals surface area contributed by atoms with E-state index in [9.17, 15) is 0 Å². The van der Waals surface area contributed by atoms with Crippen molar-refractivity contribution in [1.82, 2.24) is 9.80 Å². The molecule has 114 valence electrons. The highest BCUT2D eigenvalue weighted by atomic mass is 15.3. The Balaban J connectivity index is 1.77. The highest BCUT2D eigenvalue weighted by Gasteiger charge is 2.25. The zero-order valence-corrected chi connectivity index (χ0v) is 13.4. The molecule has 1 aromatic carbocycles. The van der Waals surface area contributed by atoms with Crippen molar-refractivity contribution in [2.45, 2.75) is 13.3 Å². The first-order valence-electron chi connectivity index (χ1n) is 8.12. The maximum Gasteiger partial charge on any atom is 0.0465 e. The Labute approximate surface area is 132 Å².